The summed E-state index contributed by atoms with van der Waals surface area (Å²) in [6.07, 6.45) is 5.04. The number of aromatic nitrogens is 1. The number of rotatable bonds is 5. The largest absolute Gasteiger partial charge is 0.386 e. The summed E-state index contributed by atoms with van der Waals surface area (Å²) >= 11 is 1.13. The van der Waals surface area contributed by atoms with Crippen LogP contribution in [0.2, 0.25) is 0 Å². The molecule has 168 valence electrons. The number of hydrogen-bond acceptors (Lipinski definition) is 5. The lowest BCUT2D eigenvalue weighted by Gasteiger charge is -2.21. The van der Waals surface area contributed by atoms with Crippen molar-refractivity contribution in [3.05, 3.63) is 39.5 Å². The Morgan fingerprint density at radius 2 is 2.10 bits per heavy atom. The molecule has 4 N–H and O–H groups in total. The molecule has 0 radical (unpaired) electrons. The van der Waals surface area contributed by atoms with Crippen molar-refractivity contribution < 1.29 is 14.1 Å². The van der Waals surface area contributed by atoms with Gasteiger partial charge in [0.2, 0.25) is 0 Å². The van der Waals surface area contributed by atoms with Gasteiger partial charge in [0, 0.05) is 22.9 Å². The number of anilines is 1. The molecular formula is C22H30N4O3S2. The maximum absolute atomic E-state index is 13.0. The van der Waals surface area contributed by atoms with E-state index in [1.807, 2.05) is 0 Å². The monoisotopic (exact) mass is 462 g/mol. The third-order valence-electron chi connectivity index (χ3n) is 5.85. The van der Waals surface area contributed by atoms with E-state index in [9.17, 15) is 14.1 Å². The van der Waals surface area contributed by atoms with Crippen molar-refractivity contribution in [3.8, 4) is 0 Å². The van der Waals surface area contributed by atoms with E-state index >= 15 is 0 Å². The minimum Gasteiger partial charge on any atom is -0.386 e. The number of urea groups is 1. The quantitative estimate of drug-likeness (QED) is 0.592. The van der Waals surface area contributed by atoms with Crippen molar-refractivity contribution in [1.29, 1.82) is 0 Å². The van der Waals surface area contributed by atoms with Gasteiger partial charge in [-0.1, -0.05) is 13.8 Å². The van der Waals surface area contributed by atoms with Crippen LogP contribution in [0.25, 0.3) is 0 Å². The molecule has 7 nitrogen and oxygen atoms in total. The predicted molar refractivity (Wildman–Crippen MR) is 124 cm³/mol. The highest BCUT2D eigenvalue weighted by Crippen LogP contribution is 2.47. The molecule has 2 amide bonds. The molecule has 1 saturated carbocycles. The standard InChI is InChI=1S/C22H30N4O3S2/c1-12(2)18-19(13-8-9-13)24-16-7-5-6-15(16)20(18)25-21(27)26-31(23,29)17-10-14(11-30-17)22(3,4)28/h10-13,28H,5-9H2,1-4H3,(H3,23,24,25,26,27,29). The van der Waals surface area contributed by atoms with Crippen LogP contribution in [0.15, 0.2) is 20.0 Å². The zero-order valence-electron chi connectivity index (χ0n) is 18.4. The Morgan fingerprint density at radius 1 is 1.39 bits per heavy atom. The van der Waals surface area contributed by atoms with Crippen LogP contribution < -0.4 is 10.5 Å². The van der Waals surface area contributed by atoms with E-state index in [1.165, 1.54) is 0 Å². The van der Waals surface area contributed by atoms with Gasteiger partial charge in [-0.25, -0.2) is 14.1 Å². The third-order valence-corrected chi connectivity index (χ3v) is 8.71. The molecule has 0 aliphatic heterocycles. The molecule has 2 aliphatic rings. The Labute approximate surface area is 187 Å². The van der Waals surface area contributed by atoms with Crippen LogP contribution in [0, 0.1) is 0 Å². The molecule has 2 aliphatic carbocycles. The van der Waals surface area contributed by atoms with E-state index in [4.69, 9.17) is 10.1 Å². The average Bonchev–Trinajstić information content (AvgIpc) is 3.15. The topological polar surface area (TPSA) is 118 Å². The fourth-order valence-electron chi connectivity index (χ4n) is 4.10. The predicted octanol–water partition coefficient (Wildman–Crippen LogP) is 4.79. The lowest BCUT2D eigenvalue weighted by Crippen LogP contribution is -2.19. The number of amides is 2. The molecule has 1 atom stereocenters. The first-order valence-corrected chi connectivity index (χ1v) is 13.2. The van der Waals surface area contributed by atoms with E-state index in [0.29, 0.717) is 11.5 Å². The summed E-state index contributed by atoms with van der Waals surface area (Å²) in [4.78, 5) is 17.8. The van der Waals surface area contributed by atoms with E-state index < -0.39 is 21.5 Å². The van der Waals surface area contributed by atoms with Crippen LogP contribution in [0.4, 0.5) is 10.5 Å². The van der Waals surface area contributed by atoms with Gasteiger partial charge in [-0.2, -0.15) is 0 Å². The lowest BCUT2D eigenvalue weighted by molar-refractivity contribution is 0.0789. The molecule has 0 spiro atoms. The molecular weight excluding hydrogens is 432 g/mol. The summed E-state index contributed by atoms with van der Waals surface area (Å²) in [5.41, 5.74) is 4.57. The van der Waals surface area contributed by atoms with Gasteiger partial charge in [0.15, 0.2) is 9.92 Å². The molecule has 1 fully saturated rings. The van der Waals surface area contributed by atoms with Gasteiger partial charge in [-0.3, -0.25) is 4.98 Å². The number of carbonyl (C=O) groups is 1. The second-order valence-corrected chi connectivity index (χ2v) is 12.2. The second-order valence-electron chi connectivity index (χ2n) is 9.30. The Bertz CT molecular complexity index is 1150. The first kappa shape index (κ1) is 22.4. The van der Waals surface area contributed by atoms with E-state index in [2.05, 4.69) is 23.5 Å². The Kier molecular flexibility index (Phi) is 5.74. The van der Waals surface area contributed by atoms with Crippen LogP contribution in [0.1, 0.15) is 86.9 Å². The maximum atomic E-state index is 13.0. The second kappa shape index (κ2) is 7.95. The zero-order chi connectivity index (χ0) is 22.6. The number of nitrogens with one attached hydrogen (secondary N) is 1. The third kappa shape index (κ3) is 4.55. The lowest BCUT2D eigenvalue weighted by atomic mass is 9.93. The Balaban J connectivity index is 1.70. The van der Waals surface area contributed by atoms with Crippen molar-refractivity contribution in [2.24, 2.45) is 9.50 Å². The Hall–Kier alpha value is -1.81. The first-order valence-electron chi connectivity index (χ1n) is 10.7. The molecule has 0 aromatic carbocycles. The zero-order valence-corrected chi connectivity index (χ0v) is 20.0. The van der Waals surface area contributed by atoms with Crippen LogP contribution >= 0.6 is 11.3 Å². The summed E-state index contributed by atoms with van der Waals surface area (Å²) in [7, 11) is -3.43. The maximum Gasteiger partial charge on any atom is 0.354 e. The number of carbonyl (C=O) groups excluding carboxylic acids is 1. The molecule has 31 heavy (non-hydrogen) atoms. The number of hydrogen-bond donors (Lipinski definition) is 3. The molecule has 9 heteroatoms. The van der Waals surface area contributed by atoms with Crippen LogP contribution in [-0.4, -0.2) is 20.3 Å². The van der Waals surface area contributed by atoms with Crippen molar-refractivity contribution in [1.82, 2.24) is 4.98 Å². The highest BCUT2D eigenvalue weighted by molar-refractivity contribution is 7.93. The minimum absolute atomic E-state index is 0.193. The fourth-order valence-corrected chi connectivity index (χ4v) is 6.38. The van der Waals surface area contributed by atoms with Gasteiger partial charge >= 0.3 is 6.03 Å². The summed E-state index contributed by atoms with van der Waals surface area (Å²) in [5, 5.41) is 20.7. The normalized spacial score (nSPS) is 18.0. The number of thiophene rings is 1. The van der Waals surface area contributed by atoms with Gasteiger partial charge in [0.1, 0.15) is 4.21 Å². The van der Waals surface area contributed by atoms with E-state index in [1.54, 1.807) is 25.3 Å². The molecule has 2 aromatic heterocycles. The highest BCUT2D eigenvalue weighted by atomic mass is 32.2. The molecule has 2 aromatic rings. The molecule has 4 rings (SSSR count). The molecule has 1 unspecified atom stereocenters. The molecule has 0 bridgehead atoms. The van der Waals surface area contributed by atoms with Crippen molar-refractivity contribution in [2.75, 3.05) is 5.32 Å². The van der Waals surface area contributed by atoms with Gasteiger partial charge < -0.3 is 10.4 Å². The van der Waals surface area contributed by atoms with Gasteiger partial charge in [0.05, 0.1) is 11.3 Å². The number of nitrogens with zero attached hydrogens (tertiary/aromatic N) is 2. The van der Waals surface area contributed by atoms with E-state index in [-0.39, 0.29) is 10.1 Å². The number of fused-ring (bicyclic) bond motifs is 1. The van der Waals surface area contributed by atoms with Crippen LogP contribution in [-0.2, 0) is 28.4 Å². The minimum atomic E-state index is -3.43. The smallest absolute Gasteiger partial charge is 0.354 e. The number of aryl methyl sites for hydroxylation is 1. The average molecular weight is 463 g/mol. The van der Waals surface area contributed by atoms with Crippen molar-refractivity contribution >= 4 is 33.0 Å². The number of pyridine rings is 1. The van der Waals surface area contributed by atoms with Crippen molar-refractivity contribution in [2.45, 2.75) is 81.4 Å². The Morgan fingerprint density at radius 3 is 2.68 bits per heavy atom. The first-order chi connectivity index (χ1) is 14.5. The summed E-state index contributed by atoms with van der Waals surface area (Å²) in [6.45, 7) is 7.48. The summed E-state index contributed by atoms with van der Waals surface area (Å²) < 4.78 is 17.1. The van der Waals surface area contributed by atoms with Gasteiger partial charge in [-0.05, 0) is 74.4 Å². The van der Waals surface area contributed by atoms with E-state index in [0.717, 1.165) is 71.6 Å². The summed E-state index contributed by atoms with van der Waals surface area (Å²) in [6, 6.07) is 0.841. The fraction of sp³-hybridized carbons (Fsp3) is 0.545. The number of nitrogens with two attached hydrogens (primary N) is 1. The number of aliphatic hydroxyl groups is 1. The molecule has 0 saturated heterocycles. The SMILES string of the molecule is CC(C)c1c(C2CC2)nc2c(c1NC(=O)N=S(N)(=O)c1cc(C(C)(C)O)cs1)CCC2. The summed E-state index contributed by atoms with van der Waals surface area (Å²) in [5.74, 6) is 0.652. The van der Waals surface area contributed by atoms with Gasteiger partial charge in [0.25, 0.3) is 0 Å². The van der Waals surface area contributed by atoms with Gasteiger partial charge in [-0.15, -0.1) is 15.7 Å². The highest BCUT2D eigenvalue weighted by Gasteiger charge is 2.33. The van der Waals surface area contributed by atoms with Crippen molar-refractivity contribution in [3.63, 3.8) is 0 Å². The molecule has 2 heterocycles. The van der Waals surface area contributed by atoms with Crippen LogP contribution in [0.5, 0.6) is 0 Å². The van der Waals surface area contributed by atoms with Crippen LogP contribution in [0.3, 0.4) is 0 Å².